The molecule has 1 rings (SSSR count). The van der Waals surface area contributed by atoms with Gasteiger partial charge in [-0.05, 0) is 25.5 Å². The second-order valence-corrected chi connectivity index (χ2v) is 4.15. The van der Waals surface area contributed by atoms with E-state index in [1.807, 2.05) is 38.1 Å². The normalized spacial score (nSPS) is 11.3. The first-order valence-corrected chi connectivity index (χ1v) is 5.80. The average Bonchev–Trinajstić information content (AvgIpc) is 2.25. The minimum Gasteiger partial charge on any atom is -0.491 e. The van der Waals surface area contributed by atoms with Crippen molar-refractivity contribution in [3.8, 4) is 5.75 Å². The van der Waals surface area contributed by atoms with E-state index in [4.69, 9.17) is 10.5 Å². The van der Waals surface area contributed by atoms with Gasteiger partial charge in [0, 0.05) is 12.5 Å². The summed E-state index contributed by atoms with van der Waals surface area (Å²) >= 11 is 0. The van der Waals surface area contributed by atoms with Crippen molar-refractivity contribution >= 4 is 18.3 Å². The molecule has 102 valence electrons. The Bertz CT molecular complexity index is 370. The largest absolute Gasteiger partial charge is 0.491 e. The highest BCUT2D eigenvalue weighted by molar-refractivity contribution is 5.85. The van der Waals surface area contributed by atoms with Crippen LogP contribution >= 0.6 is 12.4 Å². The van der Waals surface area contributed by atoms with Crippen molar-refractivity contribution in [3.63, 3.8) is 0 Å². The second kappa shape index (κ2) is 8.78. The van der Waals surface area contributed by atoms with Gasteiger partial charge < -0.3 is 15.8 Å². The predicted molar refractivity (Wildman–Crippen MR) is 75.2 cm³/mol. The standard InChI is InChI=1S/C13H20N2O2.ClH/c1-10-5-3-4-6-12(10)17-8-7-15-13(16)9-11(2)14;/h3-6,11H,7-9,14H2,1-2H3,(H,15,16);1H. The summed E-state index contributed by atoms with van der Waals surface area (Å²) in [6.07, 6.45) is 0.352. The molecule has 0 saturated heterocycles. The van der Waals surface area contributed by atoms with Crippen molar-refractivity contribution in [1.82, 2.24) is 5.32 Å². The molecule has 0 radical (unpaired) electrons. The molecule has 5 heteroatoms. The van der Waals surface area contributed by atoms with Crippen LogP contribution in [0, 0.1) is 6.92 Å². The van der Waals surface area contributed by atoms with Crippen molar-refractivity contribution < 1.29 is 9.53 Å². The number of ether oxygens (including phenoxy) is 1. The molecule has 3 N–H and O–H groups in total. The molecule has 0 aliphatic carbocycles. The minimum absolute atomic E-state index is 0. The molecule has 4 nitrogen and oxygen atoms in total. The highest BCUT2D eigenvalue weighted by Crippen LogP contribution is 2.15. The molecule has 0 saturated carbocycles. The average molecular weight is 273 g/mol. The van der Waals surface area contributed by atoms with E-state index in [1.165, 1.54) is 0 Å². The summed E-state index contributed by atoms with van der Waals surface area (Å²) in [5.74, 6) is 0.822. The Balaban J connectivity index is 0.00000289. The fraction of sp³-hybridized carbons (Fsp3) is 0.462. The lowest BCUT2D eigenvalue weighted by Crippen LogP contribution is -2.32. The van der Waals surface area contributed by atoms with Crippen molar-refractivity contribution in [2.45, 2.75) is 26.3 Å². The summed E-state index contributed by atoms with van der Waals surface area (Å²) in [7, 11) is 0. The van der Waals surface area contributed by atoms with E-state index in [-0.39, 0.29) is 24.4 Å². The van der Waals surface area contributed by atoms with Gasteiger partial charge in [0.05, 0.1) is 6.54 Å². The molecule has 0 heterocycles. The van der Waals surface area contributed by atoms with E-state index in [0.29, 0.717) is 19.6 Å². The number of carbonyl (C=O) groups excluding carboxylic acids is 1. The van der Waals surface area contributed by atoms with E-state index < -0.39 is 0 Å². The second-order valence-electron chi connectivity index (χ2n) is 4.15. The molecule has 1 aromatic carbocycles. The monoisotopic (exact) mass is 272 g/mol. The Morgan fingerprint density at radius 3 is 2.72 bits per heavy atom. The maximum Gasteiger partial charge on any atom is 0.221 e. The highest BCUT2D eigenvalue weighted by Gasteiger charge is 2.04. The molecule has 0 fully saturated rings. The molecule has 0 spiro atoms. The van der Waals surface area contributed by atoms with Crippen LogP contribution in [-0.4, -0.2) is 25.1 Å². The Morgan fingerprint density at radius 1 is 1.44 bits per heavy atom. The Hall–Kier alpha value is -1.26. The van der Waals surface area contributed by atoms with Gasteiger partial charge in [-0.2, -0.15) is 0 Å². The first-order valence-electron chi connectivity index (χ1n) is 5.80. The summed E-state index contributed by atoms with van der Waals surface area (Å²) in [6.45, 7) is 4.77. The van der Waals surface area contributed by atoms with Gasteiger partial charge in [0.25, 0.3) is 0 Å². The molecular weight excluding hydrogens is 252 g/mol. The number of hydrogen-bond donors (Lipinski definition) is 2. The third-order valence-electron chi connectivity index (χ3n) is 2.28. The summed E-state index contributed by atoms with van der Waals surface area (Å²) in [4.78, 5) is 11.3. The Kier molecular flexibility index (Phi) is 8.16. The zero-order valence-corrected chi connectivity index (χ0v) is 11.6. The molecule has 0 aliphatic rings. The van der Waals surface area contributed by atoms with Crippen LogP contribution < -0.4 is 15.8 Å². The van der Waals surface area contributed by atoms with Crippen LogP contribution in [0.3, 0.4) is 0 Å². The van der Waals surface area contributed by atoms with Crippen LogP contribution in [0.5, 0.6) is 5.75 Å². The third-order valence-corrected chi connectivity index (χ3v) is 2.28. The highest BCUT2D eigenvalue weighted by atomic mass is 35.5. The fourth-order valence-corrected chi connectivity index (χ4v) is 1.43. The van der Waals surface area contributed by atoms with Gasteiger partial charge in [0.2, 0.25) is 5.91 Å². The van der Waals surface area contributed by atoms with E-state index >= 15 is 0 Å². The van der Waals surface area contributed by atoms with Crippen LogP contribution in [0.4, 0.5) is 0 Å². The molecule has 18 heavy (non-hydrogen) atoms. The summed E-state index contributed by atoms with van der Waals surface area (Å²) in [5.41, 5.74) is 6.61. The summed E-state index contributed by atoms with van der Waals surface area (Å²) in [5, 5.41) is 2.76. The molecule has 1 atom stereocenters. The molecule has 1 unspecified atom stereocenters. The Morgan fingerprint density at radius 2 is 2.11 bits per heavy atom. The molecule has 0 aromatic heterocycles. The van der Waals surface area contributed by atoms with Crippen molar-refractivity contribution in [2.24, 2.45) is 5.73 Å². The van der Waals surface area contributed by atoms with Crippen LogP contribution in [-0.2, 0) is 4.79 Å². The fourth-order valence-electron chi connectivity index (χ4n) is 1.43. The topological polar surface area (TPSA) is 64.3 Å². The summed E-state index contributed by atoms with van der Waals surface area (Å²) < 4.78 is 5.55. The molecule has 0 bridgehead atoms. The maximum absolute atomic E-state index is 11.3. The van der Waals surface area contributed by atoms with Crippen LogP contribution in [0.2, 0.25) is 0 Å². The van der Waals surface area contributed by atoms with Crippen LogP contribution in [0.15, 0.2) is 24.3 Å². The number of hydrogen-bond acceptors (Lipinski definition) is 3. The zero-order chi connectivity index (χ0) is 12.7. The number of carbonyl (C=O) groups is 1. The van der Waals surface area contributed by atoms with Gasteiger partial charge in [-0.1, -0.05) is 18.2 Å². The van der Waals surface area contributed by atoms with E-state index in [0.717, 1.165) is 11.3 Å². The number of benzene rings is 1. The lowest BCUT2D eigenvalue weighted by molar-refractivity contribution is -0.121. The number of nitrogens with two attached hydrogens (primary N) is 1. The van der Waals surface area contributed by atoms with Gasteiger partial charge in [-0.15, -0.1) is 12.4 Å². The third kappa shape index (κ3) is 6.47. The lowest BCUT2D eigenvalue weighted by Gasteiger charge is -2.10. The number of amides is 1. The van der Waals surface area contributed by atoms with Gasteiger partial charge in [0.1, 0.15) is 12.4 Å². The van der Waals surface area contributed by atoms with Crippen LogP contribution in [0.25, 0.3) is 0 Å². The smallest absolute Gasteiger partial charge is 0.221 e. The number of nitrogens with one attached hydrogen (secondary N) is 1. The first-order chi connectivity index (χ1) is 8.09. The van der Waals surface area contributed by atoms with Gasteiger partial charge in [-0.25, -0.2) is 0 Å². The van der Waals surface area contributed by atoms with Gasteiger partial charge in [0.15, 0.2) is 0 Å². The zero-order valence-electron chi connectivity index (χ0n) is 10.8. The molecule has 1 aromatic rings. The van der Waals surface area contributed by atoms with Crippen LogP contribution in [0.1, 0.15) is 18.9 Å². The van der Waals surface area contributed by atoms with Gasteiger partial charge in [-0.3, -0.25) is 4.79 Å². The van der Waals surface area contributed by atoms with Crippen molar-refractivity contribution in [1.29, 1.82) is 0 Å². The SMILES string of the molecule is Cc1ccccc1OCCNC(=O)CC(C)N.Cl. The van der Waals surface area contributed by atoms with Gasteiger partial charge >= 0.3 is 0 Å². The van der Waals surface area contributed by atoms with E-state index in [1.54, 1.807) is 0 Å². The molecular formula is C13H21ClN2O2. The number of para-hydroxylation sites is 1. The summed E-state index contributed by atoms with van der Waals surface area (Å²) in [6, 6.07) is 7.69. The maximum atomic E-state index is 11.3. The van der Waals surface area contributed by atoms with E-state index in [2.05, 4.69) is 5.32 Å². The van der Waals surface area contributed by atoms with Crippen molar-refractivity contribution in [3.05, 3.63) is 29.8 Å². The van der Waals surface area contributed by atoms with Crippen molar-refractivity contribution in [2.75, 3.05) is 13.2 Å². The first kappa shape index (κ1) is 16.7. The number of rotatable bonds is 6. The minimum atomic E-state index is -0.104. The molecule has 1 amide bonds. The Labute approximate surface area is 114 Å². The lowest BCUT2D eigenvalue weighted by atomic mass is 10.2. The predicted octanol–water partition coefficient (Wildman–Crippen LogP) is 1.65. The quantitative estimate of drug-likeness (QED) is 0.774. The van der Waals surface area contributed by atoms with E-state index in [9.17, 15) is 4.79 Å². The molecule has 0 aliphatic heterocycles. The number of halogens is 1. The number of aryl methyl sites for hydroxylation is 1.